The van der Waals surface area contributed by atoms with Crippen LogP contribution in [0.25, 0.3) is 0 Å². The molecule has 3 heteroatoms. The molecule has 0 saturated heterocycles. The van der Waals surface area contributed by atoms with E-state index in [-0.39, 0.29) is 0 Å². The molecule has 0 aliphatic rings. The Hall–Kier alpha value is -2.42. The maximum Gasteiger partial charge on any atom is 0.296 e. The molecule has 0 heterocycles. The van der Waals surface area contributed by atoms with Gasteiger partial charge >= 0.3 is 0 Å². The number of amides is 1. The maximum atomic E-state index is 12.2. The average molecular weight is 267 g/mol. The first-order valence-corrected chi connectivity index (χ1v) is 6.47. The molecule has 102 valence electrons. The number of benzene rings is 2. The molecule has 0 spiro atoms. The molecule has 0 unspecified atom stereocenters. The highest BCUT2D eigenvalue weighted by molar-refractivity contribution is 6.46. The number of hydrogen-bond acceptors (Lipinski definition) is 2. The molecular weight excluding hydrogens is 250 g/mol. The van der Waals surface area contributed by atoms with E-state index < -0.39 is 11.7 Å². The summed E-state index contributed by atoms with van der Waals surface area (Å²) < 4.78 is 0. The van der Waals surface area contributed by atoms with E-state index in [9.17, 15) is 9.59 Å². The van der Waals surface area contributed by atoms with Crippen molar-refractivity contribution < 1.29 is 9.59 Å². The van der Waals surface area contributed by atoms with Crippen LogP contribution >= 0.6 is 0 Å². The van der Waals surface area contributed by atoms with Crippen molar-refractivity contribution in [2.75, 3.05) is 5.32 Å². The second kappa shape index (κ2) is 5.70. The highest BCUT2D eigenvalue weighted by Gasteiger charge is 2.18. The zero-order valence-corrected chi connectivity index (χ0v) is 11.9. The topological polar surface area (TPSA) is 46.2 Å². The Kier molecular flexibility index (Phi) is 3.99. The Balaban J connectivity index is 2.18. The number of anilines is 1. The first-order valence-electron chi connectivity index (χ1n) is 6.47. The Bertz CT molecular complexity index is 657. The lowest BCUT2D eigenvalue weighted by Gasteiger charge is -2.07. The van der Waals surface area contributed by atoms with Crippen molar-refractivity contribution in [1.29, 1.82) is 0 Å². The average Bonchev–Trinajstić information content (AvgIpc) is 2.43. The lowest BCUT2D eigenvalue weighted by molar-refractivity contribution is -0.112. The van der Waals surface area contributed by atoms with Crippen LogP contribution < -0.4 is 5.32 Å². The SMILES string of the molecule is Cc1ccc(NC(=O)C(=O)c2cc(C)ccc2C)cc1. The lowest BCUT2D eigenvalue weighted by Crippen LogP contribution is -2.23. The minimum atomic E-state index is -0.609. The number of Topliss-reactive ketones (excluding diaryl/α,β-unsaturated/α-hetero) is 1. The van der Waals surface area contributed by atoms with E-state index in [1.165, 1.54) is 0 Å². The molecule has 0 bridgehead atoms. The van der Waals surface area contributed by atoms with Gasteiger partial charge in [0.15, 0.2) is 0 Å². The lowest BCUT2D eigenvalue weighted by atomic mass is 10.0. The van der Waals surface area contributed by atoms with Gasteiger partial charge in [-0.15, -0.1) is 0 Å². The Morgan fingerprint density at radius 2 is 1.45 bits per heavy atom. The van der Waals surface area contributed by atoms with Crippen LogP contribution in [0.1, 0.15) is 27.0 Å². The summed E-state index contributed by atoms with van der Waals surface area (Å²) in [6, 6.07) is 12.8. The van der Waals surface area contributed by atoms with Crippen LogP contribution in [0.2, 0.25) is 0 Å². The summed E-state index contributed by atoms with van der Waals surface area (Å²) in [5, 5.41) is 2.63. The van der Waals surface area contributed by atoms with Crippen molar-refractivity contribution in [2.24, 2.45) is 0 Å². The monoisotopic (exact) mass is 267 g/mol. The van der Waals surface area contributed by atoms with Gasteiger partial charge in [0.05, 0.1) is 0 Å². The summed E-state index contributed by atoms with van der Waals surface area (Å²) in [4.78, 5) is 24.2. The fraction of sp³-hybridized carbons (Fsp3) is 0.176. The molecule has 2 aromatic carbocycles. The molecule has 0 aliphatic heterocycles. The van der Waals surface area contributed by atoms with Crippen LogP contribution in [0.4, 0.5) is 5.69 Å². The van der Waals surface area contributed by atoms with E-state index in [2.05, 4.69) is 5.32 Å². The summed E-state index contributed by atoms with van der Waals surface area (Å²) in [7, 11) is 0. The van der Waals surface area contributed by atoms with Crippen LogP contribution in [0, 0.1) is 20.8 Å². The smallest absolute Gasteiger partial charge is 0.296 e. The summed E-state index contributed by atoms with van der Waals surface area (Å²) in [5.74, 6) is -1.12. The Labute approximate surface area is 118 Å². The number of nitrogens with one attached hydrogen (secondary N) is 1. The van der Waals surface area contributed by atoms with Gasteiger partial charge in [0.2, 0.25) is 0 Å². The molecule has 0 aliphatic carbocycles. The van der Waals surface area contributed by atoms with Gasteiger partial charge in [0.1, 0.15) is 0 Å². The quantitative estimate of drug-likeness (QED) is 0.684. The van der Waals surface area contributed by atoms with Crippen molar-refractivity contribution >= 4 is 17.4 Å². The van der Waals surface area contributed by atoms with Gasteiger partial charge in [-0.1, -0.05) is 35.4 Å². The number of aryl methyl sites for hydroxylation is 3. The maximum absolute atomic E-state index is 12.2. The van der Waals surface area contributed by atoms with Crippen molar-refractivity contribution in [3.8, 4) is 0 Å². The minimum Gasteiger partial charge on any atom is -0.319 e. The van der Waals surface area contributed by atoms with E-state index in [4.69, 9.17) is 0 Å². The van der Waals surface area contributed by atoms with Crippen LogP contribution in [-0.4, -0.2) is 11.7 Å². The first kappa shape index (κ1) is 14.0. The second-order valence-corrected chi connectivity index (χ2v) is 4.97. The highest BCUT2D eigenvalue weighted by Crippen LogP contribution is 2.13. The fourth-order valence-electron chi connectivity index (χ4n) is 1.93. The zero-order valence-electron chi connectivity index (χ0n) is 11.9. The molecule has 0 aromatic heterocycles. The number of carbonyl (C=O) groups is 2. The van der Waals surface area contributed by atoms with Crippen LogP contribution in [0.5, 0.6) is 0 Å². The minimum absolute atomic E-state index is 0.453. The van der Waals surface area contributed by atoms with Gasteiger partial charge < -0.3 is 5.32 Å². The fourth-order valence-corrected chi connectivity index (χ4v) is 1.93. The number of ketones is 1. The summed E-state index contributed by atoms with van der Waals surface area (Å²) in [6.07, 6.45) is 0. The predicted octanol–water partition coefficient (Wildman–Crippen LogP) is 3.43. The number of carbonyl (C=O) groups excluding carboxylic acids is 2. The molecular formula is C17H17NO2. The van der Waals surface area contributed by atoms with Crippen molar-refractivity contribution in [1.82, 2.24) is 0 Å². The van der Waals surface area contributed by atoms with Gasteiger partial charge in [-0.25, -0.2) is 0 Å². The standard InChI is InChI=1S/C17H17NO2/c1-11-5-8-14(9-6-11)18-17(20)16(19)15-10-12(2)4-7-13(15)3/h4-10H,1-3H3,(H,18,20). The Morgan fingerprint density at radius 1 is 0.850 bits per heavy atom. The van der Waals surface area contributed by atoms with Crippen LogP contribution in [0.3, 0.4) is 0 Å². The highest BCUT2D eigenvalue weighted by atomic mass is 16.2. The molecule has 2 aromatic rings. The van der Waals surface area contributed by atoms with E-state index >= 15 is 0 Å². The molecule has 2 rings (SSSR count). The zero-order chi connectivity index (χ0) is 14.7. The van der Waals surface area contributed by atoms with E-state index in [1.807, 2.05) is 45.0 Å². The molecule has 1 N–H and O–H groups in total. The van der Waals surface area contributed by atoms with Gasteiger partial charge in [-0.2, -0.15) is 0 Å². The van der Waals surface area contributed by atoms with E-state index in [0.717, 1.165) is 16.7 Å². The third-order valence-corrected chi connectivity index (χ3v) is 3.15. The first-order chi connectivity index (χ1) is 9.47. The van der Waals surface area contributed by atoms with E-state index in [0.29, 0.717) is 11.3 Å². The summed E-state index contributed by atoms with van der Waals surface area (Å²) in [6.45, 7) is 5.69. The van der Waals surface area contributed by atoms with Gasteiger partial charge in [-0.3, -0.25) is 9.59 Å². The molecule has 1 amide bonds. The van der Waals surface area contributed by atoms with E-state index in [1.54, 1.807) is 18.2 Å². The largest absolute Gasteiger partial charge is 0.319 e. The Morgan fingerprint density at radius 3 is 2.10 bits per heavy atom. The molecule has 3 nitrogen and oxygen atoms in total. The third kappa shape index (κ3) is 3.12. The number of rotatable bonds is 3. The third-order valence-electron chi connectivity index (χ3n) is 3.15. The van der Waals surface area contributed by atoms with Crippen molar-refractivity contribution in [3.05, 3.63) is 64.7 Å². The summed E-state index contributed by atoms with van der Waals surface area (Å²) >= 11 is 0. The van der Waals surface area contributed by atoms with Crippen molar-refractivity contribution in [3.63, 3.8) is 0 Å². The predicted molar refractivity (Wildman–Crippen MR) is 80.1 cm³/mol. The number of hydrogen-bond donors (Lipinski definition) is 1. The molecule has 0 radical (unpaired) electrons. The molecule has 0 fully saturated rings. The van der Waals surface area contributed by atoms with Crippen LogP contribution in [0.15, 0.2) is 42.5 Å². The summed E-state index contributed by atoms with van der Waals surface area (Å²) in [5.41, 5.74) is 3.94. The van der Waals surface area contributed by atoms with Gasteiger partial charge in [-0.05, 0) is 44.5 Å². The molecule has 0 saturated carbocycles. The normalized spacial score (nSPS) is 10.2. The second-order valence-electron chi connectivity index (χ2n) is 4.97. The van der Waals surface area contributed by atoms with Gasteiger partial charge in [0.25, 0.3) is 11.7 Å². The van der Waals surface area contributed by atoms with Crippen LogP contribution in [-0.2, 0) is 4.79 Å². The van der Waals surface area contributed by atoms with Crippen molar-refractivity contribution in [2.45, 2.75) is 20.8 Å². The molecule has 20 heavy (non-hydrogen) atoms. The molecule has 0 atom stereocenters. The van der Waals surface area contributed by atoms with Gasteiger partial charge in [0, 0.05) is 11.3 Å².